The minimum absolute atomic E-state index is 0. The summed E-state index contributed by atoms with van der Waals surface area (Å²) < 4.78 is 0. The number of aliphatic hydroxyl groups excluding tert-OH is 1. The molecular formula is C16H24ClN3O. The predicted molar refractivity (Wildman–Crippen MR) is 86.5 cm³/mol. The lowest BCUT2D eigenvalue weighted by molar-refractivity contribution is 0.0305. The minimum Gasteiger partial charge on any atom is -0.396 e. The average Bonchev–Trinajstić information content (AvgIpc) is 2.49. The van der Waals surface area contributed by atoms with E-state index in [1.54, 1.807) is 0 Å². The topological polar surface area (TPSA) is 59.3 Å². The Hall–Kier alpha value is -1.12. The van der Waals surface area contributed by atoms with Gasteiger partial charge in [0.05, 0.1) is 11.6 Å². The first kappa shape index (κ1) is 17.9. The third-order valence-corrected chi connectivity index (χ3v) is 4.02. The summed E-state index contributed by atoms with van der Waals surface area (Å²) in [5.74, 6) is 0. The summed E-state index contributed by atoms with van der Waals surface area (Å²) in [6.07, 6.45) is 0. The molecule has 1 atom stereocenters. The Morgan fingerprint density at radius 3 is 2.33 bits per heavy atom. The lowest BCUT2D eigenvalue weighted by Crippen LogP contribution is -2.49. The number of hydrogen-bond donors (Lipinski definition) is 2. The smallest absolute Gasteiger partial charge is 0.0991 e. The number of piperazine rings is 1. The van der Waals surface area contributed by atoms with Gasteiger partial charge in [0.15, 0.2) is 0 Å². The van der Waals surface area contributed by atoms with Crippen molar-refractivity contribution >= 4 is 12.4 Å². The van der Waals surface area contributed by atoms with E-state index in [1.165, 1.54) is 5.56 Å². The van der Waals surface area contributed by atoms with Crippen LogP contribution in [0.4, 0.5) is 0 Å². The van der Waals surface area contributed by atoms with Crippen molar-refractivity contribution in [3.63, 3.8) is 0 Å². The number of benzene rings is 1. The molecule has 0 spiro atoms. The van der Waals surface area contributed by atoms with Crippen molar-refractivity contribution in [1.82, 2.24) is 10.2 Å². The van der Waals surface area contributed by atoms with Gasteiger partial charge in [-0.1, -0.05) is 26.0 Å². The predicted octanol–water partition coefficient (Wildman–Crippen LogP) is 1.94. The quantitative estimate of drug-likeness (QED) is 0.892. The molecule has 1 fully saturated rings. The maximum absolute atomic E-state index is 9.76. The second kappa shape index (κ2) is 7.77. The van der Waals surface area contributed by atoms with Crippen LogP contribution in [0.2, 0.25) is 0 Å². The van der Waals surface area contributed by atoms with E-state index >= 15 is 0 Å². The first-order chi connectivity index (χ1) is 9.58. The Bertz CT molecular complexity index is 475. The molecule has 4 nitrogen and oxygen atoms in total. The number of rotatable bonds is 4. The standard InChI is InChI=1S/C16H23N3O.ClH/c1-16(2,12-20)15(19-9-7-18-8-10-19)14-5-3-13(11-17)4-6-14;/h3-6,15,18,20H,7-10,12H2,1-2H3;1H/t15-;/m0./s1. The van der Waals surface area contributed by atoms with Crippen LogP contribution >= 0.6 is 12.4 Å². The Morgan fingerprint density at radius 1 is 1.29 bits per heavy atom. The normalized spacial score (nSPS) is 17.6. The molecule has 1 aliphatic rings. The summed E-state index contributed by atoms with van der Waals surface area (Å²) in [6.45, 7) is 8.25. The van der Waals surface area contributed by atoms with Crippen molar-refractivity contribution in [3.05, 3.63) is 35.4 Å². The van der Waals surface area contributed by atoms with Gasteiger partial charge in [0.1, 0.15) is 0 Å². The number of hydrogen-bond acceptors (Lipinski definition) is 4. The van der Waals surface area contributed by atoms with Gasteiger partial charge in [-0.15, -0.1) is 12.4 Å². The van der Waals surface area contributed by atoms with Crippen LogP contribution in [0.1, 0.15) is 31.0 Å². The molecule has 5 heteroatoms. The van der Waals surface area contributed by atoms with Crippen molar-refractivity contribution in [3.8, 4) is 6.07 Å². The molecule has 0 aliphatic carbocycles. The van der Waals surface area contributed by atoms with Gasteiger partial charge >= 0.3 is 0 Å². The molecule has 1 heterocycles. The molecule has 0 bridgehead atoms. The van der Waals surface area contributed by atoms with E-state index in [2.05, 4.69) is 30.1 Å². The second-order valence-corrected chi connectivity index (χ2v) is 6.07. The number of nitriles is 1. The van der Waals surface area contributed by atoms with Crippen LogP contribution in [0, 0.1) is 16.7 Å². The van der Waals surface area contributed by atoms with E-state index in [0.29, 0.717) is 5.56 Å². The molecule has 0 aromatic heterocycles. The molecule has 0 unspecified atom stereocenters. The zero-order chi connectivity index (χ0) is 14.6. The van der Waals surface area contributed by atoms with E-state index in [0.717, 1.165) is 26.2 Å². The Balaban J connectivity index is 0.00000220. The maximum atomic E-state index is 9.76. The van der Waals surface area contributed by atoms with Gasteiger partial charge in [-0.3, -0.25) is 4.90 Å². The molecule has 2 N–H and O–H groups in total. The highest BCUT2D eigenvalue weighted by molar-refractivity contribution is 5.85. The summed E-state index contributed by atoms with van der Waals surface area (Å²) in [5, 5.41) is 22.0. The molecule has 1 aliphatic heterocycles. The summed E-state index contributed by atoms with van der Waals surface area (Å²) in [6, 6.07) is 10.1. The van der Waals surface area contributed by atoms with Gasteiger partial charge in [0.25, 0.3) is 0 Å². The summed E-state index contributed by atoms with van der Waals surface area (Å²) in [5.41, 5.74) is 1.63. The van der Waals surface area contributed by atoms with Gasteiger partial charge in [0.2, 0.25) is 0 Å². The van der Waals surface area contributed by atoms with Crippen LogP contribution in [0.15, 0.2) is 24.3 Å². The van der Waals surface area contributed by atoms with E-state index in [4.69, 9.17) is 5.26 Å². The molecule has 1 aromatic carbocycles. The zero-order valence-corrected chi connectivity index (χ0v) is 13.5. The van der Waals surface area contributed by atoms with Crippen LogP contribution in [0.25, 0.3) is 0 Å². The molecule has 0 saturated carbocycles. The average molecular weight is 310 g/mol. The summed E-state index contributed by atoms with van der Waals surface area (Å²) >= 11 is 0. The summed E-state index contributed by atoms with van der Waals surface area (Å²) in [7, 11) is 0. The van der Waals surface area contributed by atoms with Crippen LogP contribution < -0.4 is 5.32 Å². The van der Waals surface area contributed by atoms with Gasteiger partial charge in [-0.05, 0) is 17.7 Å². The van der Waals surface area contributed by atoms with Crippen molar-refractivity contribution in [2.75, 3.05) is 32.8 Å². The van der Waals surface area contributed by atoms with E-state index < -0.39 is 0 Å². The van der Waals surface area contributed by atoms with Crippen molar-refractivity contribution < 1.29 is 5.11 Å². The SMILES string of the molecule is CC(C)(CO)[C@H](c1ccc(C#N)cc1)N1CCNCC1.Cl. The van der Waals surface area contributed by atoms with Crippen LogP contribution in [0.3, 0.4) is 0 Å². The van der Waals surface area contributed by atoms with E-state index in [-0.39, 0.29) is 30.5 Å². The molecule has 1 saturated heterocycles. The monoisotopic (exact) mass is 309 g/mol. The third-order valence-electron chi connectivity index (χ3n) is 4.02. The molecular weight excluding hydrogens is 286 g/mol. The highest BCUT2D eigenvalue weighted by Gasteiger charge is 2.35. The molecule has 116 valence electrons. The first-order valence-electron chi connectivity index (χ1n) is 7.14. The second-order valence-electron chi connectivity index (χ2n) is 6.07. The minimum atomic E-state index is -0.217. The number of nitrogens with zero attached hydrogens (tertiary/aromatic N) is 2. The Morgan fingerprint density at radius 2 is 1.86 bits per heavy atom. The van der Waals surface area contributed by atoms with Crippen LogP contribution in [0.5, 0.6) is 0 Å². The largest absolute Gasteiger partial charge is 0.396 e. The van der Waals surface area contributed by atoms with Gasteiger partial charge in [-0.25, -0.2) is 0 Å². The van der Waals surface area contributed by atoms with Crippen LogP contribution in [-0.4, -0.2) is 42.8 Å². The molecule has 1 aromatic rings. The first-order valence-corrected chi connectivity index (χ1v) is 7.14. The molecule has 21 heavy (non-hydrogen) atoms. The highest BCUT2D eigenvalue weighted by atomic mass is 35.5. The molecule has 0 amide bonds. The number of aliphatic hydroxyl groups is 1. The van der Waals surface area contributed by atoms with E-state index in [9.17, 15) is 5.11 Å². The van der Waals surface area contributed by atoms with E-state index in [1.807, 2.05) is 24.3 Å². The van der Waals surface area contributed by atoms with Crippen molar-refractivity contribution in [2.45, 2.75) is 19.9 Å². The summed E-state index contributed by atoms with van der Waals surface area (Å²) in [4.78, 5) is 2.42. The van der Waals surface area contributed by atoms with Gasteiger partial charge in [-0.2, -0.15) is 5.26 Å². The zero-order valence-electron chi connectivity index (χ0n) is 12.7. The van der Waals surface area contributed by atoms with Crippen molar-refractivity contribution in [2.24, 2.45) is 5.41 Å². The lowest BCUT2D eigenvalue weighted by Gasteiger charge is -2.43. The molecule has 2 rings (SSSR count). The van der Waals surface area contributed by atoms with Crippen molar-refractivity contribution in [1.29, 1.82) is 5.26 Å². The van der Waals surface area contributed by atoms with Crippen LogP contribution in [-0.2, 0) is 0 Å². The lowest BCUT2D eigenvalue weighted by atomic mass is 9.79. The Labute approximate surface area is 133 Å². The number of halogens is 1. The third kappa shape index (κ3) is 4.18. The fraction of sp³-hybridized carbons (Fsp3) is 0.562. The number of nitrogens with one attached hydrogen (secondary N) is 1. The Kier molecular flexibility index (Phi) is 6.63. The highest BCUT2D eigenvalue weighted by Crippen LogP contribution is 2.38. The van der Waals surface area contributed by atoms with Gasteiger partial charge < -0.3 is 10.4 Å². The molecule has 0 radical (unpaired) electrons. The maximum Gasteiger partial charge on any atom is 0.0991 e. The fourth-order valence-corrected chi connectivity index (χ4v) is 2.92. The fourth-order valence-electron chi connectivity index (χ4n) is 2.92. The van der Waals surface area contributed by atoms with Gasteiger partial charge in [0, 0.05) is 44.2 Å².